The molecule has 1 aliphatic carbocycles. The van der Waals surface area contributed by atoms with Crippen molar-refractivity contribution in [2.75, 3.05) is 37.7 Å². The minimum Gasteiger partial charge on any atom is -0.465 e. The number of para-hydroxylation sites is 1. The van der Waals surface area contributed by atoms with Gasteiger partial charge in [0.05, 0.1) is 11.6 Å². The minimum atomic E-state index is -1.10. The number of hydrazine groups is 1. The summed E-state index contributed by atoms with van der Waals surface area (Å²) in [5.74, 6) is -1.47. The highest BCUT2D eigenvalue weighted by molar-refractivity contribution is 5.93. The molecule has 11 heteroatoms. The van der Waals surface area contributed by atoms with Crippen LogP contribution in [0.2, 0.25) is 0 Å². The van der Waals surface area contributed by atoms with Crippen molar-refractivity contribution in [2.24, 2.45) is 11.8 Å². The summed E-state index contributed by atoms with van der Waals surface area (Å²) in [5.41, 5.74) is 6.13. The molecule has 6 rings (SSSR count). The summed E-state index contributed by atoms with van der Waals surface area (Å²) in [5, 5.41) is 14.9. The Kier molecular flexibility index (Phi) is 10.3. The number of hydrogen-bond acceptors (Lipinski definition) is 6. The van der Waals surface area contributed by atoms with E-state index in [0.29, 0.717) is 19.6 Å². The highest BCUT2D eigenvalue weighted by atomic mass is 16.4. The molecule has 3 aliphatic heterocycles. The first kappa shape index (κ1) is 32.8. The zero-order valence-electron chi connectivity index (χ0n) is 27.4. The van der Waals surface area contributed by atoms with Crippen LogP contribution >= 0.6 is 0 Å². The van der Waals surface area contributed by atoms with Crippen molar-refractivity contribution in [2.45, 2.75) is 83.0 Å². The van der Waals surface area contributed by atoms with Crippen LogP contribution in [-0.2, 0) is 27.3 Å². The first-order valence-corrected chi connectivity index (χ1v) is 17.3. The molecule has 2 aromatic carbocycles. The number of nitrogens with one attached hydrogen (secondary N) is 2. The van der Waals surface area contributed by atoms with E-state index < -0.39 is 24.1 Å². The number of anilines is 1. The lowest BCUT2D eigenvalue weighted by molar-refractivity contribution is -0.149. The van der Waals surface area contributed by atoms with Gasteiger partial charge in [-0.3, -0.25) is 29.7 Å². The first-order chi connectivity index (χ1) is 22.8. The third-order valence-corrected chi connectivity index (χ3v) is 10.5. The first-order valence-electron chi connectivity index (χ1n) is 17.3. The number of piperazine rings is 1. The molecule has 0 spiro atoms. The van der Waals surface area contributed by atoms with Gasteiger partial charge in [-0.05, 0) is 61.8 Å². The zero-order valence-corrected chi connectivity index (χ0v) is 27.4. The Hall–Kier alpha value is -4.12. The smallest absolute Gasteiger partial charge is 0.407 e. The number of nitrogens with zero attached hydrogens (tertiary/aromatic N) is 4. The molecule has 0 aromatic heterocycles. The van der Waals surface area contributed by atoms with E-state index >= 15 is 0 Å². The van der Waals surface area contributed by atoms with E-state index in [-0.39, 0.29) is 42.8 Å². The maximum atomic E-state index is 14.7. The van der Waals surface area contributed by atoms with Gasteiger partial charge in [-0.1, -0.05) is 74.7 Å². The SMILES string of the molecule is C[C@@H](CN(Cc1ccccc1)C(=O)O)C(=O)N[C@H](C(=O)N1C[C@H]2CCCN2C[C@H]1C(=O)NN1CCc2ccccc21)C1CCCCC1. The number of carbonyl (C=O) groups is 4. The van der Waals surface area contributed by atoms with Crippen molar-refractivity contribution in [3.8, 4) is 0 Å². The quantitative estimate of drug-likeness (QED) is 0.361. The average Bonchev–Trinajstić information content (AvgIpc) is 3.73. The number of carboxylic acid groups (broad SMARTS) is 1. The van der Waals surface area contributed by atoms with E-state index in [9.17, 15) is 24.3 Å². The van der Waals surface area contributed by atoms with E-state index in [4.69, 9.17) is 0 Å². The number of carbonyl (C=O) groups excluding carboxylic acids is 3. The maximum Gasteiger partial charge on any atom is 0.407 e. The Bertz CT molecular complexity index is 1430. The van der Waals surface area contributed by atoms with Crippen LogP contribution in [0.15, 0.2) is 54.6 Å². The fraction of sp³-hybridized carbons (Fsp3) is 0.556. The van der Waals surface area contributed by atoms with Crippen LogP contribution in [0.1, 0.15) is 63.0 Å². The molecule has 0 radical (unpaired) electrons. The van der Waals surface area contributed by atoms with Crippen molar-refractivity contribution < 1.29 is 24.3 Å². The van der Waals surface area contributed by atoms with Crippen LogP contribution in [0.25, 0.3) is 0 Å². The van der Waals surface area contributed by atoms with Crippen molar-refractivity contribution >= 4 is 29.5 Å². The maximum absolute atomic E-state index is 14.7. The number of amides is 4. The third-order valence-electron chi connectivity index (χ3n) is 10.5. The van der Waals surface area contributed by atoms with Gasteiger partial charge in [-0.15, -0.1) is 0 Å². The molecule has 3 fully saturated rings. The average molecular weight is 645 g/mol. The molecule has 0 unspecified atom stereocenters. The summed E-state index contributed by atoms with van der Waals surface area (Å²) in [7, 11) is 0. The van der Waals surface area contributed by atoms with Gasteiger partial charge in [0.25, 0.3) is 5.91 Å². The second-order valence-corrected chi connectivity index (χ2v) is 13.7. The Morgan fingerprint density at radius 3 is 2.43 bits per heavy atom. The Morgan fingerprint density at radius 1 is 0.915 bits per heavy atom. The van der Waals surface area contributed by atoms with Crippen molar-refractivity contribution in [1.82, 2.24) is 25.4 Å². The van der Waals surface area contributed by atoms with Crippen LogP contribution in [0.4, 0.5) is 10.5 Å². The predicted molar refractivity (Wildman–Crippen MR) is 178 cm³/mol. The van der Waals surface area contributed by atoms with Crippen molar-refractivity contribution in [3.63, 3.8) is 0 Å². The van der Waals surface area contributed by atoms with Gasteiger partial charge in [0.1, 0.15) is 12.1 Å². The molecule has 4 amide bonds. The Labute approximate surface area is 277 Å². The lowest BCUT2D eigenvalue weighted by Crippen LogP contribution is -2.67. The van der Waals surface area contributed by atoms with E-state index in [0.717, 1.165) is 69.2 Å². The van der Waals surface area contributed by atoms with E-state index in [2.05, 4.69) is 21.7 Å². The van der Waals surface area contributed by atoms with Gasteiger partial charge in [0, 0.05) is 38.8 Å². The number of hydrogen-bond donors (Lipinski definition) is 3. The van der Waals surface area contributed by atoms with Gasteiger partial charge in [-0.2, -0.15) is 0 Å². The minimum absolute atomic E-state index is 0.00469. The molecule has 11 nitrogen and oxygen atoms in total. The summed E-state index contributed by atoms with van der Waals surface area (Å²) in [6, 6.07) is 16.1. The summed E-state index contributed by atoms with van der Waals surface area (Å²) in [6.45, 7) is 4.38. The van der Waals surface area contributed by atoms with Crippen LogP contribution < -0.4 is 15.8 Å². The van der Waals surface area contributed by atoms with Crippen molar-refractivity contribution in [3.05, 3.63) is 65.7 Å². The molecule has 2 aromatic rings. The van der Waals surface area contributed by atoms with E-state index in [1.54, 1.807) is 11.8 Å². The van der Waals surface area contributed by atoms with Crippen LogP contribution in [0, 0.1) is 11.8 Å². The molecule has 4 atom stereocenters. The van der Waals surface area contributed by atoms with Gasteiger partial charge in [0.15, 0.2) is 0 Å². The molecule has 47 heavy (non-hydrogen) atoms. The standard InChI is InChI=1S/C36H48N6O5/c1-25(21-40(36(46)47)22-26-11-4-2-5-12-26)33(43)37-32(28-14-6-3-7-15-28)35(45)41-23-29-16-10-19-39(29)24-31(41)34(44)38-42-20-18-27-13-8-9-17-30(27)42/h2,4-5,8-9,11-13,17,25,28-29,31-32H,3,6-7,10,14-16,18-24H2,1H3,(H,37,43)(H,38,44)(H,46,47)/t25-,29+,31-,32-/m0/s1. The topological polar surface area (TPSA) is 126 Å². The van der Waals surface area contributed by atoms with E-state index in [1.165, 1.54) is 10.5 Å². The molecule has 1 saturated carbocycles. The fourth-order valence-electron chi connectivity index (χ4n) is 7.90. The van der Waals surface area contributed by atoms with E-state index in [1.807, 2.05) is 53.5 Å². The highest BCUT2D eigenvalue weighted by Crippen LogP contribution is 2.31. The number of fused-ring (bicyclic) bond motifs is 2. The summed E-state index contributed by atoms with van der Waals surface area (Å²) < 4.78 is 0. The highest BCUT2D eigenvalue weighted by Gasteiger charge is 2.45. The second kappa shape index (κ2) is 14.8. The zero-order chi connectivity index (χ0) is 32.9. The normalized spacial score (nSPS) is 22.6. The molecule has 4 aliphatic rings. The molecular weight excluding hydrogens is 596 g/mol. The van der Waals surface area contributed by atoms with Crippen molar-refractivity contribution in [1.29, 1.82) is 0 Å². The van der Waals surface area contributed by atoms with Crippen LogP contribution in [0.3, 0.4) is 0 Å². The number of rotatable bonds is 10. The van der Waals surface area contributed by atoms with Gasteiger partial charge in [-0.25, -0.2) is 4.79 Å². The summed E-state index contributed by atoms with van der Waals surface area (Å²) >= 11 is 0. The predicted octanol–water partition coefficient (Wildman–Crippen LogP) is 3.64. The van der Waals surface area contributed by atoms with Gasteiger partial charge < -0.3 is 20.2 Å². The number of benzene rings is 2. The fourth-order valence-corrected chi connectivity index (χ4v) is 7.90. The second-order valence-electron chi connectivity index (χ2n) is 13.7. The van der Waals surface area contributed by atoms with Crippen LogP contribution in [0.5, 0.6) is 0 Å². The Balaban J connectivity index is 1.19. The molecule has 252 valence electrons. The summed E-state index contributed by atoms with van der Waals surface area (Å²) in [4.78, 5) is 59.8. The molecule has 0 bridgehead atoms. The molecule has 3 N–H and O–H groups in total. The Morgan fingerprint density at radius 2 is 1.66 bits per heavy atom. The molecule has 3 heterocycles. The summed E-state index contributed by atoms with van der Waals surface area (Å²) in [6.07, 6.45) is 6.46. The van der Waals surface area contributed by atoms with Crippen LogP contribution in [-0.4, -0.2) is 94.5 Å². The van der Waals surface area contributed by atoms with Gasteiger partial charge in [0.2, 0.25) is 11.8 Å². The molecular formula is C36H48N6O5. The lowest BCUT2D eigenvalue weighted by Gasteiger charge is -2.45. The molecule has 2 saturated heterocycles. The largest absolute Gasteiger partial charge is 0.465 e. The lowest BCUT2D eigenvalue weighted by atomic mass is 9.82. The third kappa shape index (κ3) is 7.56. The monoisotopic (exact) mass is 644 g/mol. The van der Waals surface area contributed by atoms with Gasteiger partial charge >= 0.3 is 6.09 Å².